The summed E-state index contributed by atoms with van der Waals surface area (Å²) >= 11 is 5.91. The molecule has 1 heterocycles. The maximum absolute atomic E-state index is 12.6. The predicted octanol–water partition coefficient (Wildman–Crippen LogP) is 2.77. The Labute approximate surface area is 142 Å². The lowest BCUT2D eigenvalue weighted by atomic mass is 10.1. The molecule has 4 nitrogen and oxygen atoms in total. The Kier molecular flexibility index (Phi) is 4.62. The average molecular weight is 335 g/mol. The molecule has 0 unspecified atom stereocenters. The van der Waals surface area contributed by atoms with E-state index in [1.807, 2.05) is 41.1 Å². The Bertz CT molecular complexity index is 602. The molecule has 2 amide bonds. The van der Waals surface area contributed by atoms with Gasteiger partial charge in [-0.05, 0) is 42.4 Å². The number of carbonyl (C=O) groups excluding carboxylic acids is 2. The van der Waals surface area contributed by atoms with Crippen LogP contribution in [0.1, 0.15) is 31.2 Å². The first kappa shape index (κ1) is 16.3. The Morgan fingerprint density at radius 3 is 2.61 bits per heavy atom. The molecule has 0 spiro atoms. The molecule has 2 fully saturated rings. The molecule has 0 aromatic heterocycles. The van der Waals surface area contributed by atoms with Crippen LogP contribution in [0.5, 0.6) is 0 Å². The van der Waals surface area contributed by atoms with Crippen molar-refractivity contribution in [2.75, 3.05) is 26.7 Å². The van der Waals surface area contributed by atoms with Gasteiger partial charge in [-0.2, -0.15) is 0 Å². The molecule has 3 atom stereocenters. The zero-order valence-corrected chi connectivity index (χ0v) is 14.4. The first-order valence-electron chi connectivity index (χ1n) is 8.21. The van der Waals surface area contributed by atoms with Gasteiger partial charge in [0.15, 0.2) is 0 Å². The van der Waals surface area contributed by atoms with E-state index < -0.39 is 0 Å². The maximum atomic E-state index is 12.6. The molecular formula is C18H23ClN2O2. The molecule has 0 bridgehead atoms. The monoisotopic (exact) mass is 334 g/mol. The normalized spacial score (nSPS) is 26.2. The third-order valence-electron chi connectivity index (χ3n) is 5.05. The van der Waals surface area contributed by atoms with E-state index >= 15 is 0 Å². The minimum atomic E-state index is 0.103. The summed E-state index contributed by atoms with van der Waals surface area (Å²) in [6.45, 7) is 3.95. The summed E-state index contributed by atoms with van der Waals surface area (Å²) in [5.41, 5.74) is 1.20. The van der Waals surface area contributed by atoms with E-state index in [0.717, 1.165) is 37.5 Å². The standard InChI is InChI=1S/C18H23ClN2O2/c1-12(22)21-8-7-13(11-21)10-20(2)18(23)17-9-16(17)14-3-5-15(19)6-4-14/h3-6,13,16-17H,7-11H2,1-2H3/t13-,16+,17+/m1/s1. The van der Waals surface area contributed by atoms with Crippen LogP contribution >= 0.6 is 11.6 Å². The average Bonchev–Trinajstić information content (AvgIpc) is 3.18. The fraction of sp³-hybridized carbons (Fsp3) is 0.556. The van der Waals surface area contributed by atoms with Gasteiger partial charge in [0.2, 0.25) is 11.8 Å². The molecule has 1 aliphatic carbocycles. The van der Waals surface area contributed by atoms with Crippen LogP contribution < -0.4 is 0 Å². The summed E-state index contributed by atoms with van der Waals surface area (Å²) in [5, 5.41) is 0.727. The fourth-order valence-electron chi connectivity index (χ4n) is 3.57. The number of benzene rings is 1. The second-order valence-electron chi connectivity index (χ2n) is 6.84. The summed E-state index contributed by atoms with van der Waals surface area (Å²) in [4.78, 5) is 27.7. The summed E-state index contributed by atoms with van der Waals surface area (Å²) < 4.78 is 0. The highest BCUT2D eigenvalue weighted by molar-refractivity contribution is 6.30. The van der Waals surface area contributed by atoms with E-state index in [4.69, 9.17) is 11.6 Å². The smallest absolute Gasteiger partial charge is 0.226 e. The number of hydrogen-bond acceptors (Lipinski definition) is 2. The van der Waals surface area contributed by atoms with Crippen molar-refractivity contribution in [1.29, 1.82) is 0 Å². The van der Waals surface area contributed by atoms with Gasteiger partial charge in [0.05, 0.1) is 0 Å². The molecule has 0 radical (unpaired) electrons. The number of hydrogen-bond donors (Lipinski definition) is 0. The van der Waals surface area contributed by atoms with Crippen molar-refractivity contribution in [1.82, 2.24) is 9.80 Å². The van der Waals surface area contributed by atoms with Crippen LogP contribution in [0.2, 0.25) is 5.02 Å². The van der Waals surface area contributed by atoms with E-state index in [0.29, 0.717) is 11.8 Å². The van der Waals surface area contributed by atoms with Crippen molar-refractivity contribution < 1.29 is 9.59 Å². The SMILES string of the molecule is CC(=O)N1CC[C@H](CN(C)C(=O)[C@H]2C[C@H]2c2ccc(Cl)cc2)C1. The fourth-order valence-corrected chi connectivity index (χ4v) is 3.70. The maximum Gasteiger partial charge on any atom is 0.226 e. The molecule has 2 aliphatic rings. The van der Waals surface area contributed by atoms with E-state index in [1.165, 1.54) is 5.56 Å². The summed E-state index contributed by atoms with van der Waals surface area (Å²) in [6, 6.07) is 7.80. The molecule has 23 heavy (non-hydrogen) atoms. The van der Waals surface area contributed by atoms with Crippen LogP contribution in [-0.2, 0) is 9.59 Å². The molecule has 1 saturated heterocycles. The van der Waals surface area contributed by atoms with Gasteiger partial charge in [0.1, 0.15) is 0 Å². The lowest BCUT2D eigenvalue weighted by molar-refractivity contribution is -0.131. The second-order valence-corrected chi connectivity index (χ2v) is 7.28. The van der Waals surface area contributed by atoms with Crippen molar-refractivity contribution >= 4 is 23.4 Å². The Morgan fingerprint density at radius 1 is 1.30 bits per heavy atom. The van der Waals surface area contributed by atoms with Crippen molar-refractivity contribution in [2.45, 2.75) is 25.7 Å². The molecule has 0 N–H and O–H groups in total. The Balaban J connectivity index is 1.51. The minimum Gasteiger partial charge on any atom is -0.345 e. The molecule has 124 valence electrons. The van der Waals surface area contributed by atoms with E-state index in [1.54, 1.807) is 6.92 Å². The van der Waals surface area contributed by atoms with Gasteiger partial charge < -0.3 is 9.80 Å². The molecule has 3 rings (SSSR count). The first-order valence-corrected chi connectivity index (χ1v) is 8.59. The highest BCUT2D eigenvalue weighted by Crippen LogP contribution is 2.48. The van der Waals surface area contributed by atoms with Crippen molar-refractivity contribution in [3.05, 3.63) is 34.9 Å². The van der Waals surface area contributed by atoms with Crippen LogP contribution in [0.3, 0.4) is 0 Å². The lowest BCUT2D eigenvalue weighted by Gasteiger charge is -2.22. The van der Waals surface area contributed by atoms with E-state index in [9.17, 15) is 9.59 Å². The van der Waals surface area contributed by atoms with Crippen molar-refractivity contribution in [2.24, 2.45) is 11.8 Å². The van der Waals surface area contributed by atoms with Gasteiger partial charge in [0.25, 0.3) is 0 Å². The third kappa shape index (κ3) is 3.69. The number of rotatable bonds is 4. The zero-order chi connectivity index (χ0) is 16.6. The van der Waals surface area contributed by atoms with Crippen LogP contribution in [0, 0.1) is 11.8 Å². The second kappa shape index (κ2) is 6.52. The molecule has 1 aromatic carbocycles. The van der Waals surface area contributed by atoms with E-state index in [-0.39, 0.29) is 17.7 Å². The third-order valence-corrected chi connectivity index (χ3v) is 5.30. The molecule has 1 aliphatic heterocycles. The predicted molar refractivity (Wildman–Crippen MR) is 90.3 cm³/mol. The zero-order valence-electron chi connectivity index (χ0n) is 13.7. The van der Waals surface area contributed by atoms with Crippen LogP contribution in [0.25, 0.3) is 0 Å². The van der Waals surface area contributed by atoms with Gasteiger partial charge >= 0.3 is 0 Å². The summed E-state index contributed by atoms with van der Waals surface area (Å²) in [7, 11) is 1.88. The van der Waals surface area contributed by atoms with Gasteiger partial charge in [-0.25, -0.2) is 0 Å². The van der Waals surface area contributed by atoms with Gasteiger partial charge in [-0.3, -0.25) is 9.59 Å². The number of amides is 2. The van der Waals surface area contributed by atoms with Gasteiger partial charge in [-0.15, -0.1) is 0 Å². The quantitative estimate of drug-likeness (QED) is 0.849. The van der Waals surface area contributed by atoms with Gasteiger partial charge in [-0.1, -0.05) is 23.7 Å². The number of halogens is 1. The van der Waals surface area contributed by atoms with Gasteiger partial charge in [0, 0.05) is 44.5 Å². The topological polar surface area (TPSA) is 40.6 Å². The summed E-state index contributed by atoms with van der Waals surface area (Å²) in [5.74, 6) is 1.20. The molecule has 5 heteroatoms. The van der Waals surface area contributed by atoms with Crippen LogP contribution in [0.4, 0.5) is 0 Å². The number of carbonyl (C=O) groups is 2. The molecule has 1 saturated carbocycles. The first-order chi connectivity index (χ1) is 11.0. The minimum absolute atomic E-state index is 0.103. The van der Waals surface area contributed by atoms with Crippen molar-refractivity contribution in [3.63, 3.8) is 0 Å². The Morgan fingerprint density at radius 2 is 2.00 bits per heavy atom. The van der Waals surface area contributed by atoms with Crippen LogP contribution in [0.15, 0.2) is 24.3 Å². The largest absolute Gasteiger partial charge is 0.345 e. The van der Waals surface area contributed by atoms with Crippen LogP contribution in [-0.4, -0.2) is 48.3 Å². The number of nitrogens with zero attached hydrogens (tertiary/aromatic N) is 2. The van der Waals surface area contributed by atoms with Crippen molar-refractivity contribution in [3.8, 4) is 0 Å². The van der Waals surface area contributed by atoms with E-state index in [2.05, 4.69) is 0 Å². The lowest BCUT2D eigenvalue weighted by Crippen LogP contribution is -2.35. The highest BCUT2D eigenvalue weighted by atomic mass is 35.5. The molecular weight excluding hydrogens is 312 g/mol. The highest BCUT2D eigenvalue weighted by Gasteiger charge is 2.45. The molecule has 1 aromatic rings. The summed E-state index contributed by atoms with van der Waals surface area (Å²) in [6.07, 6.45) is 1.91. The number of likely N-dealkylation sites (tertiary alicyclic amines) is 1. The Hall–Kier alpha value is -1.55.